The molecule has 1 aromatic heterocycles. The molecule has 0 aliphatic rings. The number of nitro groups is 1. The van der Waals surface area contributed by atoms with Crippen LogP contribution in [-0.4, -0.2) is 16.1 Å². The monoisotopic (exact) mass is 368 g/mol. The van der Waals surface area contributed by atoms with E-state index in [2.05, 4.69) is 10.6 Å². The molecular weight excluding hydrogens is 348 g/mol. The fourth-order valence-electron chi connectivity index (χ4n) is 2.90. The zero-order valence-corrected chi connectivity index (χ0v) is 15.7. The molecule has 0 spiro atoms. The van der Waals surface area contributed by atoms with Crippen LogP contribution in [0.25, 0.3) is 5.69 Å². The van der Waals surface area contributed by atoms with Gasteiger partial charge in [-0.05, 0) is 57.2 Å². The van der Waals surface area contributed by atoms with Crippen molar-refractivity contribution < 1.29 is 9.66 Å². The second-order valence-corrected chi connectivity index (χ2v) is 6.91. The van der Waals surface area contributed by atoms with Gasteiger partial charge in [-0.2, -0.15) is 0 Å². The van der Waals surface area contributed by atoms with Crippen LogP contribution in [0, 0.1) is 24.0 Å². The largest absolute Gasteiger partial charge is 0.494 e. The Labute approximate surface area is 156 Å². The number of ether oxygens (including phenoxy) is 1. The summed E-state index contributed by atoms with van der Waals surface area (Å²) in [4.78, 5) is 12.6. The standard InChI is InChI=1S/C20H20N2O3S/c1-4-25-17-11-9-16(10-12-17)21-14(2)13-20(15(21)3)26-19-8-6-5-7-18(19)22(23)24/h5-13H,4H2,1-3H3. The minimum absolute atomic E-state index is 0.128. The first kappa shape index (κ1) is 18.1. The molecule has 134 valence electrons. The van der Waals surface area contributed by atoms with Crippen LogP contribution in [-0.2, 0) is 0 Å². The van der Waals surface area contributed by atoms with Gasteiger partial charge in [-0.1, -0.05) is 23.9 Å². The molecule has 0 atom stereocenters. The quantitative estimate of drug-likeness (QED) is 0.423. The summed E-state index contributed by atoms with van der Waals surface area (Å²) in [5.41, 5.74) is 3.30. The molecular formula is C20H20N2O3S. The minimum Gasteiger partial charge on any atom is -0.494 e. The van der Waals surface area contributed by atoms with Gasteiger partial charge in [-0.25, -0.2) is 0 Å². The number of nitrogens with zero attached hydrogens (tertiary/aromatic N) is 2. The summed E-state index contributed by atoms with van der Waals surface area (Å²) in [5.74, 6) is 0.841. The fraction of sp³-hybridized carbons (Fsp3) is 0.200. The van der Waals surface area contributed by atoms with Crippen LogP contribution in [0.4, 0.5) is 5.69 Å². The van der Waals surface area contributed by atoms with Gasteiger partial charge in [0, 0.05) is 28.0 Å². The topological polar surface area (TPSA) is 57.3 Å². The maximum atomic E-state index is 11.3. The van der Waals surface area contributed by atoms with E-state index >= 15 is 0 Å². The summed E-state index contributed by atoms with van der Waals surface area (Å²) in [5, 5.41) is 11.3. The Balaban J connectivity index is 1.95. The predicted octanol–water partition coefficient (Wildman–Crippen LogP) is 5.55. The predicted molar refractivity (Wildman–Crippen MR) is 104 cm³/mol. The van der Waals surface area contributed by atoms with E-state index in [1.165, 1.54) is 17.8 Å². The van der Waals surface area contributed by atoms with E-state index in [0.29, 0.717) is 11.5 Å². The van der Waals surface area contributed by atoms with Crippen molar-refractivity contribution >= 4 is 17.4 Å². The van der Waals surface area contributed by atoms with Gasteiger partial charge in [0.05, 0.1) is 16.4 Å². The van der Waals surface area contributed by atoms with Crippen molar-refractivity contribution in [3.05, 3.63) is 76.1 Å². The van der Waals surface area contributed by atoms with Crippen LogP contribution in [0.1, 0.15) is 18.3 Å². The molecule has 1 heterocycles. The Hall–Kier alpha value is -2.73. The molecule has 26 heavy (non-hydrogen) atoms. The molecule has 5 nitrogen and oxygen atoms in total. The number of hydrogen-bond donors (Lipinski definition) is 0. The average Bonchev–Trinajstić information content (AvgIpc) is 2.90. The van der Waals surface area contributed by atoms with Crippen LogP contribution in [0.5, 0.6) is 5.75 Å². The summed E-state index contributed by atoms with van der Waals surface area (Å²) >= 11 is 1.42. The number of aryl methyl sites for hydroxylation is 1. The Morgan fingerprint density at radius 2 is 1.77 bits per heavy atom. The van der Waals surface area contributed by atoms with Gasteiger partial charge in [-0.15, -0.1) is 0 Å². The van der Waals surface area contributed by atoms with Crippen molar-refractivity contribution in [1.29, 1.82) is 0 Å². The lowest BCUT2D eigenvalue weighted by Gasteiger charge is -2.11. The Bertz CT molecular complexity index is 933. The van der Waals surface area contributed by atoms with Crippen molar-refractivity contribution in [2.75, 3.05) is 6.61 Å². The maximum absolute atomic E-state index is 11.3. The highest BCUT2D eigenvalue weighted by molar-refractivity contribution is 7.99. The van der Waals surface area contributed by atoms with E-state index in [4.69, 9.17) is 4.74 Å². The molecule has 6 heteroatoms. The third-order valence-corrected chi connectivity index (χ3v) is 5.27. The molecule has 0 unspecified atom stereocenters. The minimum atomic E-state index is -0.339. The number of nitro benzene ring substituents is 1. The van der Waals surface area contributed by atoms with Gasteiger partial charge < -0.3 is 9.30 Å². The molecule has 2 aromatic carbocycles. The van der Waals surface area contributed by atoms with E-state index in [1.807, 2.05) is 51.1 Å². The van der Waals surface area contributed by atoms with Crippen molar-refractivity contribution in [3.8, 4) is 11.4 Å². The smallest absolute Gasteiger partial charge is 0.283 e. The summed E-state index contributed by atoms with van der Waals surface area (Å²) in [6.45, 7) is 6.66. The zero-order chi connectivity index (χ0) is 18.7. The van der Waals surface area contributed by atoms with Gasteiger partial charge >= 0.3 is 0 Å². The molecule has 0 amide bonds. The van der Waals surface area contributed by atoms with Crippen molar-refractivity contribution in [2.45, 2.75) is 30.6 Å². The fourth-order valence-corrected chi connectivity index (χ4v) is 4.00. The third-order valence-electron chi connectivity index (χ3n) is 4.07. The molecule has 3 rings (SSSR count). The zero-order valence-electron chi connectivity index (χ0n) is 14.9. The number of para-hydroxylation sites is 1. The van der Waals surface area contributed by atoms with Crippen LogP contribution in [0.2, 0.25) is 0 Å². The first-order chi connectivity index (χ1) is 12.5. The molecule has 3 aromatic rings. The lowest BCUT2D eigenvalue weighted by molar-refractivity contribution is -0.387. The number of rotatable bonds is 6. The van der Waals surface area contributed by atoms with E-state index in [-0.39, 0.29) is 10.6 Å². The molecule has 0 N–H and O–H groups in total. The summed E-state index contributed by atoms with van der Waals surface area (Å²) in [7, 11) is 0. The Morgan fingerprint density at radius 1 is 1.08 bits per heavy atom. The van der Waals surface area contributed by atoms with Crippen molar-refractivity contribution in [3.63, 3.8) is 0 Å². The number of aromatic nitrogens is 1. The van der Waals surface area contributed by atoms with Crippen LogP contribution in [0.3, 0.4) is 0 Å². The summed E-state index contributed by atoms with van der Waals surface area (Å²) in [6.07, 6.45) is 0. The number of benzene rings is 2. The molecule has 0 saturated carbocycles. The van der Waals surface area contributed by atoms with Gasteiger partial charge in [0.25, 0.3) is 5.69 Å². The molecule has 0 fully saturated rings. The lowest BCUT2D eigenvalue weighted by atomic mass is 10.3. The lowest BCUT2D eigenvalue weighted by Crippen LogP contribution is -1.99. The third kappa shape index (κ3) is 3.60. The van der Waals surface area contributed by atoms with Crippen LogP contribution < -0.4 is 4.74 Å². The highest BCUT2D eigenvalue weighted by Crippen LogP contribution is 2.38. The first-order valence-corrected chi connectivity index (χ1v) is 9.16. The highest BCUT2D eigenvalue weighted by Gasteiger charge is 2.17. The van der Waals surface area contributed by atoms with E-state index < -0.39 is 0 Å². The Morgan fingerprint density at radius 3 is 2.42 bits per heavy atom. The maximum Gasteiger partial charge on any atom is 0.283 e. The van der Waals surface area contributed by atoms with Gasteiger partial charge in [0.2, 0.25) is 0 Å². The Kier molecular flexibility index (Phi) is 5.32. The average molecular weight is 368 g/mol. The normalized spacial score (nSPS) is 10.7. The number of hydrogen-bond acceptors (Lipinski definition) is 4. The van der Waals surface area contributed by atoms with Gasteiger partial charge in [0.15, 0.2) is 0 Å². The van der Waals surface area contributed by atoms with Crippen LogP contribution in [0.15, 0.2) is 64.4 Å². The second kappa shape index (κ2) is 7.66. The van der Waals surface area contributed by atoms with Crippen molar-refractivity contribution in [1.82, 2.24) is 4.57 Å². The molecule has 0 bridgehead atoms. The first-order valence-electron chi connectivity index (χ1n) is 8.34. The summed E-state index contributed by atoms with van der Waals surface area (Å²) in [6, 6.07) is 16.8. The molecule has 0 saturated heterocycles. The SMILES string of the molecule is CCOc1ccc(-n2c(C)cc(Sc3ccccc3[N+](=O)[O-])c2C)cc1. The molecule has 0 aliphatic heterocycles. The van der Waals surface area contributed by atoms with E-state index in [9.17, 15) is 10.1 Å². The highest BCUT2D eigenvalue weighted by atomic mass is 32.2. The van der Waals surface area contributed by atoms with Gasteiger partial charge in [0.1, 0.15) is 5.75 Å². The van der Waals surface area contributed by atoms with Gasteiger partial charge in [-0.3, -0.25) is 10.1 Å². The van der Waals surface area contributed by atoms with E-state index in [1.54, 1.807) is 12.1 Å². The van der Waals surface area contributed by atoms with Crippen LogP contribution >= 0.6 is 11.8 Å². The van der Waals surface area contributed by atoms with E-state index in [0.717, 1.165) is 27.7 Å². The van der Waals surface area contributed by atoms with Crippen molar-refractivity contribution in [2.24, 2.45) is 0 Å². The molecule has 0 aliphatic carbocycles. The summed E-state index contributed by atoms with van der Waals surface area (Å²) < 4.78 is 7.65. The second-order valence-electron chi connectivity index (χ2n) is 5.82. The molecule has 0 radical (unpaired) electrons.